The van der Waals surface area contributed by atoms with E-state index in [1.54, 1.807) is 11.0 Å². The van der Waals surface area contributed by atoms with Crippen LogP contribution in [-0.4, -0.2) is 49.7 Å². The lowest BCUT2D eigenvalue weighted by molar-refractivity contribution is -0.138. The van der Waals surface area contributed by atoms with Gasteiger partial charge >= 0.3 is 5.97 Å². The minimum Gasteiger partial charge on any atom is -0.489 e. The minimum absolute atomic E-state index is 0.0527. The predicted molar refractivity (Wildman–Crippen MR) is 105 cm³/mol. The average molecular weight is 395 g/mol. The number of rotatable bonds is 6. The van der Waals surface area contributed by atoms with Gasteiger partial charge in [-0.1, -0.05) is 36.4 Å². The maximum atomic E-state index is 12.7. The summed E-state index contributed by atoms with van der Waals surface area (Å²) in [6, 6.07) is 16.6. The van der Waals surface area contributed by atoms with Crippen LogP contribution in [0.1, 0.15) is 16.1 Å². The van der Waals surface area contributed by atoms with Crippen molar-refractivity contribution < 1.29 is 28.2 Å². The fourth-order valence-corrected chi connectivity index (χ4v) is 3.18. The smallest absolute Gasteiger partial charge is 0.375 e. The molecule has 0 unspecified atom stereocenters. The number of nitrogens with zero attached hydrogens (tertiary/aromatic N) is 1. The Balaban J connectivity index is 1.49. The van der Waals surface area contributed by atoms with Gasteiger partial charge in [0.2, 0.25) is 5.76 Å². The van der Waals surface area contributed by atoms with Crippen molar-refractivity contribution in [1.29, 1.82) is 0 Å². The highest BCUT2D eigenvalue weighted by Crippen LogP contribution is 2.28. The molecule has 1 aromatic heterocycles. The van der Waals surface area contributed by atoms with Crippen LogP contribution in [0.3, 0.4) is 0 Å². The quantitative estimate of drug-likeness (QED) is 0.597. The van der Waals surface area contributed by atoms with E-state index >= 15 is 0 Å². The van der Waals surface area contributed by atoms with Crippen molar-refractivity contribution in [3.05, 3.63) is 65.9 Å². The van der Waals surface area contributed by atoms with Crippen molar-refractivity contribution in [3.63, 3.8) is 0 Å². The van der Waals surface area contributed by atoms with Gasteiger partial charge < -0.3 is 23.5 Å². The highest BCUT2D eigenvalue weighted by molar-refractivity contribution is 5.96. The van der Waals surface area contributed by atoms with Crippen molar-refractivity contribution in [1.82, 2.24) is 4.90 Å². The number of esters is 1. The summed E-state index contributed by atoms with van der Waals surface area (Å²) in [6.07, 6.45) is 0. The first-order chi connectivity index (χ1) is 14.2. The van der Waals surface area contributed by atoms with E-state index in [1.807, 2.05) is 48.5 Å². The second-order valence-electron chi connectivity index (χ2n) is 6.58. The average Bonchev–Trinajstić information content (AvgIpc) is 3.16. The Hall–Kier alpha value is -3.32. The number of fused-ring (bicyclic) bond motifs is 1. The molecule has 3 aromatic rings. The van der Waals surface area contributed by atoms with Gasteiger partial charge in [-0.25, -0.2) is 4.79 Å². The molecule has 1 amide bonds. The highest BCUT2D eigenvalue weighted by atomic mass is 16.5. The zero-order valence-electron chi connectivity index (χ0n) is 15.8. The summed E-state index contributed by atoms with van der Waals surface area (Å²) in [5.74, 6) is -0.203. The molecule has 29 heavy (non-hydrogen) atoms. The monoisotopic (exact) mass is 395 g/mol. The van der Waals surface area contributed by atoms with Crippen LogP contribution in [0.25, 0.3) is 11.0 Å². The molecule has 1 fully saturated rings. The highest BCUT2D eigenvalue weighted by Gasteiger charge is 2.24. The summed E-state index contributed by atoms with van der Waals surface area (Å²) in [5, 5.41) is 0.773. The molecule has 4 rings (SSSR count). The molecule has 0 spiro atoms. The largest absolute Gasteiger partial charge is 0.489 e. The van der Waals surface area contributed by atoms with E-state index in [-0.39, 0.29) is 24.9 Å². The molecule has 2 heterocycles. The van der Waals surface area contributed by atoms with Gasteiger partial charge in [-0.3, -0.25) is 4.79 Å². The molecule has 7 nitrogen and oxygen atoms in total. The van der Waals surface area contributed by atoms with Crippen molar-refractivity contribution >= 4 is 22.8 Å². The number of furan rings is 1. The second-order valence-corrected chi connectivity index (χ2v) is 6.58. The van der Waals surface area contributed by atoms with Crippen LogP contribution in [0.2, 0.25) is 0 Å². The summed E-state index contributed by atoms with van der Waals surface area (Å²) >= 11 is 0. The third-order valence-corrected chi connectivity index (χ3v) is 4.70. The second kappa shape index (κ2) is 8.79. The zero-order valence-corrected chi connectivity index (χ0v) is 15.8. The summed E-state index contributed by atoms with van der Waals surface area (Å²) in [5.41, 5.74) is 1.15. The maximum absolute atomic E-state index is 12.7. The lowest BCUT2D eigenvalue weighted by Gasteiger charge is -2.26. The Kier molecular flexibility index (Phi) is 5.76. The Morgan fingerprint density at radius 1 is 0.966 bits per heavy atom. The molecule has 0 atom stereocenters. The third-order valence-electron chi connectivity index (χ3n) is 4.70. The fourth-order valence-electron chi connectivity index (χ4n) is 3.18. The van der Waals surface area contributed by atoms with Crippen LogP contribution in [0.5, 0.6) is 5.75 Å². The fraction of sp³-hybridized carbons (Fsp3) is 0.273. The van der Waals surface area contributed by atoms with Gasteiger partial charge in [0.25, 0.3) is 5.91 Å². The van der Waals surface area contributed by atoms with Crippen molar-refractivity contribution in [2.45, 2.75) is 6.61 Å². The van der Waals surface area contributed by atoms with Crippen LogP contribution < -0.4 is 4.74 Å². The number of morpholine rings is 1. The van der Waals surface area contributed by atoms with E-state index in [4.69, 9.17) is 18.6 Å². The number of para-hydroxylation sites is 2. The van der Waals surface area contributed by atoms with E-state index in [2.05, 4.69) is 0 Å². The number of hydrogen-bond donors (Lipinski definition) is 0. The molecular formula is C22H21NO6. The molecule has 150 valence electrons. The predicted octanol–water partition coefficient (Wildman–Crippen LogP) is 3.03. The summed E-state index contributed by atoms with van der Waals surface area (Å²) < 4.78 is 22.0. The van der Waals surface area contributed by atoms with Crippen LogP contribution in [0.15, 0.2) is 59.0 Å². The third kappa shape index (κ3) is 4.41. The molecular weight excluding hydrogens is 374 g/mol. The number of benzene rings is 2. The van der Waals surface area contributed by atoms with Gasteiger partial charge in [0.05, 0.1) is 18.8 Å². The molecule has 1 saturated heterocycles. The number of carbonyl (C=O) groups is 2. The molecule has 0 N–H and O–H groups in total. The minimum atomic E-state index is -0.686. The molecule has 0 radical (unpaired) electrons. The first-order valence-corrected chi connectivity index (χ1v) is 9.43. The Bertz CT molecular complexity index is 991. The van der Waals surface area contributed by atoms with Gasteiger partial charge in [-0.15, -0.1) is 0 Å². The van der Waals surface area contributed by atoms with Crippen LogP contribution in [-0.2, 0) is 20.9 Å². The van der Waals surface area contributed by atoms with E-state index in [0.29, 0.717) is 43.2 Å². The summed E-state index contributed by atoms with van der Waals surface area (Å²) in [6.45, 7) is 1.78. The van der Waals surface area contributed by atoms with Gasteiger partial charge in [-0.05, 0) is 18.2 Å². The number of hydrogen-bond acceptors (Lipinski definition) is 6. The number of amides is 1. The summed E-state index contributed by atoms with van der Waals surface area (Å²) in [4.78, 5) is 26.5. The van der Waals surface area contributed by atoms with Gasteiger partial charge in [-0.2, -0.15) is 0 Å². The van der Waals surface area contributed by atoms with E-state index in [9.17, 15) is 9.59 Å². The van der Waals surface area contributed by atoms with Crippen molar-refractivity contribution in [3.8, 4) is 5.75 Å². The van der Waals surface area contributed by atoms with Crippen molar-refractivity contribution in [2.24, 2.45) is 0 Å². The lowest BCUT2D eigenvalue weighted by atomic mass is 10.1. The zero-order chi connectivity index (χ0) is 20.1. The maximum Gasteiger partial charge on any atom is 0.375 e. The molecule has 1 aliphatic heterocycles. The van der Waals surface area contributed by atoms with Gasteiger partial charge in [0, 0.05) is 18.5 Å². The molecule has 0 saturated carbocycles. The molecule has 0 bridgehead atoms. The molecule has 0 aliphatic carbocycles. The Labute approximate surface area is 167 Å². The Morgan fingerprint density at radius 3 is 2.48 bits per heavy atom. The number of carbonyl (C=O) groups excluding carboxylic acids is 2. The molecule has 1 aliphatic rings. The first-order valence-electron chi connectivity index (χ1n) is 9.43. The van der Waals surface area contributed by atoms with Crippen LogP contribution >= 0.6 is 0 Å². The molecule has 7 heteroatoms. The van der Waals surface area contributed by atoms with E-state index in [1.165, 1.54) is 0 Å². The molecule has 2 aromatic carbocycles. The summed E-state index contributed by atoms with van der Waals surface area (Å²) in [7, 11) is 0. The van der Waals surface area contributed by atoms with Crippen molar-refractivity contribution in [2.75, 3.05) is 32.9 Å². The van der Waals surface area contributed by atoms with E-state index in [0.717, 1.165) is 5.39 Å². The lowest BCUT2D eigenvalue weighted by Crippen LogP contribution is -2.42. The normalized spacial score (nSPS) is 14.0. The van der Waals surface area contributed by atoms with Gasteiger partial charge in [0.15, 0.2) is 6.61 Å². The SMILES string of the molecule is O=C(OCC(=O)N1CCOCC1)c1oc2ccccc2c1COc1ccccc1. The van der Waals surface area contributed by atoms with Crippen LogP contribution in [0.4, 0.5) is 0 Å². The number of ether oxygens (including phenoxy) is 3. The standard InChI is InChI=1S/C22H21NO6/c24-20(23-10-12-26-13-11-23)15-28-22(25)21-18(14-27-16-6-2-1-3-7-16)17-8-4-5-9-19(17)29-21/h1-9H,10-15H2. The first kappa shape index (κ1) is 19.0. The van der Waals surface area contributed by atoms with E-state index < -0.39 is 5.97 Å². The van der Waals surface area contributed by atoms with Gasteiger partial charge in [0.1, 0.15) is 17.9 Å². The topological polar surface area (TPSA) is 78.2 Å². The van der Waals surface area contributed by atoms with Crippen LogP contribution in [0, 0.1) is 0 Å². The Morgan fingerprint density at radius 2 is 1.69 bits per heavy atom.